The molecule has 3 rings (SSSR count). The summed E-state index contributed by atoms with van der Waals surface area (Å²) in [6, 6.07) is 3.32. The van der Waals surface area contributed by atoms with E-state index in [2.05, 4.69) is 4.98 Å². The van der Waals surface area contributed by atoms with E-state index < -0.39 is 0 Å². The summed E-state index contributed by atoms with van der Waals surface area (Å²) in [5.41, 5.74) is 0.534. The van der Waals surface area contributed by atoms with Crippen molar-refractivity contribution in [2.24, 2.45) is 5.92 Å². The average molecular weight is 332 g/mol. The summed E-state index contributed by atoms with van der Waals surface area (Å²) in [7, 11) is 0. The molecule has 1 aromatic heterocycles. The summed E-state index contributed by atoms with van der Waals surface area (Å²) < 4.78 is 11.0. The van der Waals surface area contributed by atoms with Gasteiger partial charge in [0.15, 0.2) is 0 Å². The zero-order valence-electron chi connectivity index (χ0n) is 13.9. The lowest BCUT2D eigenvalue weighted by molar-refractivity contribution is 0.0113. The number of amides is 1. The number of ether oxygens (including phenoxy) is 2. The van der Waals surface area contributed by atoms with Crippen LogP contribution in [0.5, 0.6) is 0 Å². The van der Waals surface area contributed by atoms with E-state index >= 15 is 0 Å². The van der Waals surface area contributed by atoms with E-state index in [1.807, 2.05) is 0 Å². The molecule has 2 aliphatic rings. The molecule has 1 aliphatic heterocycles. The Bertz CT molecular complexity index is 549. The number of aromatic nitrogens is 1. The highest BCUT2D eigenvalue weighted by Gasteiger charge is 2.26. The Morgan fingerprint density at radius 2 is 1.75 bits per heavy atom. The molecule has 0 spiro atoms. The Kier molecular flexibility index (Phi) is 5.67. The molecular formula is C18H24N2O4. The molecule has 2 fully saturated rings. The molecule has 0 radical (unpaired) electrons. The monoisotopic (exact) mass is 332 g/mol. The normalized spacial score (nSPS) is 23.8. The highest BCUT2D eigenvalue weighted by molar-refractivity contribution is 5.89. The Morgan fingerprint density at radius 3 is 2.42 bits per heavy atom. The van der Waals surface area contributed by atoms with Gasteiger partial charge in [-0.05, 0) is 56.6 Å². The second-order valence-corrected chi connectivity index (χ2v) is 6.55. The summed E-state index contributed by atoms with van der Waals surface area (Å²) >= 11 is 0. The predicted molar refractivity (Wildman–Crippen MR) is 87.6 cm³/mol. The predicted octanol–water partition coefficient (Wildman–Crippen LogP) is 3.03. The van der Waals surface area contributed by atoms with E-state index in [4.69, 9.17) is 9.47 Å². The van der Waals surface area contributed by atoms with Crippen molar-refractivity contribution in [3.8, 4) is 0 Å². The number of nitrogens with zero attached hydrogens (tertiary/aromatic N) is 2. The highest BCUT2D eigenvalue weighted by atomic mass is 16.6. The van der Waals surface area contributed by atoms with Crippen LogP contribution in [0.3, 0.4) is 0 Å². The number of rotatable bonds is 4. The maximum absolute atomic E-state index is 12.0. The van der Waals surface area contributed by atoms with Gasteiger partial charge in [0.2, 0.25) is 0 Å². The zero-order valence-corrected chi connectivity index (χ0v) is 13.9. The number of carbonyl (C=O) groups excluding carboxylic acids is 2. The number of hydrogen-bond donors (Lipinski definition) is 0. The van der Waals surface area contributed by atoms with Gasteiger partial charge in [-0.15, -0.1) is 0 Å². The van der Waals surface area contributed by atoms with Gasteiger partial charge in [0.1, 0.15) is 6.10 Å². The molecule has 1 amide bonds. The number of esters is 1. The molecule has 0 unspecified atom stereocenters. The Labute approximate surface area is 142 Å². The summed E-state index contributed by atoms with van der Waals surface area (Å²) in [5.74, 6) is 0.0775. The molecular weight excluding hydrogens is 308 g/mol. The minimum absolute atomic E-state index is 0.0452. The highest BCUT2D eigenvalue weighted by Crippen LogP contribution is 2.27. The average Bonchev–Trinajstić information content (AvgIpc) is 3.16. The number of hydrogen-bond acceptors (Lipinski definition) is 5. The Hall–Kier alpha value is -2.11. The topological polar surface area (TPSA) is 68.7 Å². The summed E-state index contributed by atoms with van der Waals surface area (Å²) in [4.78, 5) is 29.6. The molecule has 1 saturated heterocycles. The van der Waals surface area contributed by atoms with Crippen LogP contribution in [0.1, 0.15) is 48.9 Å². The molecule has 0 atom stereocenters. The van der Waals surface area contributed by atoms with Gasteiger partial charge >= 0.3 is 12.1 Å². The van der Waals surface area contributed by atoms with Crippen LogP contribution in [0.4, 0.5) is 4.79 Å². The number of likely N-dealkylation sites (tertiary alicyclic amines) is 1. The smallest absolute Gasteiger partial charge is 0.409 e. The van der Waals surface area contributed by atoms with Gasteiger partial charge < -0.3 is 14.4 Å². The maximum atomic E-state index is 12.0. The van der Waals surface area contributed by atoms with Crippen molar-refractivity contribution in [1.82, 2.24) is 9.88 Å². The van der Waals surface area contributed by atoms with Crippen LogP contribution >= 0.6 is 0 Å². The molecule has 0 aromatic carbocycles. The third-order valence-electron chi connectivity index (χ3n) is 4.79. The van der Waals surface area contributed by atoms with E-state index in [1.165, 1.54) is 0 Å². The molecule has 0 bridgehead atoms. The number of pyridine rings is 1. The van der Waals surface area contributed by atoms with E-state index in [0.717, 1.165) is 51.6 Å². The van der Waals surface area contributed by atoms with Crippen molar-refractivity contribution in [2.45, 2.75) is 44.6 Å². The van der Waals surface area contributed by atoms with E-state index in [0.29, 0.717) is 18.1 Å². The first-order chi connectivity index (χ1) is 11.7. The number of carbonyl (C=O) groups is 2. The molecule has 0 N–H and O–H groups in total. The van der Waals surface area contributed by atoms with Crippen molar-refractivity contribution in [3.05, 3.63) is 30.1 Å². The molecule has 24 heavy (non-hydrogen) atoms. The van der Waals surface area contributed by atoms with Gasteiger partial charge in [0.05, 0.1) is 12.2 Å². The van der Waals surface area contributed by atoms with Crippen molar-refractivity contribution in [3.63, 3.8) is 0 Å². The van der Waals surface area contributed by atoms with Crippen molar-refractivity contribution in [2.75, 3.05) is 19.7 Å². The van der Waals surface area contributed by atoms with Crippen molar-refractivity contribution >= 4 is 12.1 Å². The molecule has 6 nitrogen and oxygen atoms in total. The largest absolute Gasteiger partial charge is 0.459 e. The lowest BCUT2D eigenvalue weighted by Crippen LogP contribution is -2.31. The van der Waals surface area contributed by atoms with E-state index in [1.54, 1.807) is 29.4 Å². The zero-order chi connectivity index (χ0) is 16.8. The lowest BCUT2D eigenvalue weighted by Gasteiger charge is -2.28. The minimum Gasteiger partial charge on any atom is -0.459 e. The molecule has 1 aliphatic carbocycles. The third-order valence-corrected chi connectivity index (χ3v) is 4.79. The standard InChI is InChI=1S/C18H24N2O4/c21-17(15-7-9-19-10-8-15)24-16-5-3-14(4-6-16)13-23-18(22)20-11-1-2-12-20/h7-10,14,16H,1-6,11-13H2. The first-order valence-corrected chi connectivity index (χ1v) is 8.75. The lowest BCUT2D eigenvalue weighted by atomic mass is 9.88. The van der Waals surface area contributed by atoms with Crippen molar-refractivity contribution < 1.29 is 19.1 Å². The van der Waals surface area contributed by atoms with Crippen molar-refractivity contribution in [1.29, 1.82) is 0 Å². The Balaban J connectivity index is 1.36. The minimum atomic E-state index is -0.290. The van der Waals surface area contributed by atoms with Crippen LogP contribution in [-0.4, -0.2) is 47.7 Å². The summed E-state index contributed by atoms with van der Waals surface area (Å²) in [5, 5.41) is 0. The molecule has 130 valence electrons. The second kappa shape index (κ2) is 8.13. The summed E-state index contributed by atoms with van der Waals surface area (Å²) in [6.07, 6.45) is 8.57. The van der Waals surface area contributed by atoms with Gasteiger partial charge in [-0.3, -0.25) is 4.98 Å². The third kappa shape index (κ3) is 4.46. The molecule has 6 heteroatoms. The van der Waals surface area contributed by atoms with Crippen LogP contribution in [0, 0.1) is 5.92 Å². The second-order valence-electron chi connectivity index (χ2n) is 6.55. The van der Waals surface area contributed by atoms with Crippen LogP contribution in [0.25, 0.3) is 0 Å². The SMILES string of the molecule is O=C(OC1CCC(COC(=O)N2CCCC2)CC1)c1ccncc1. The van der Waals surface area contributed by atoms with Gasteiger partial charge in [0, 0.05) is 25.5 Å². The Morgan fingerprint density at radius 1 is 1.08 bits per heavy atom. The fraction of sp³-hybridized carbons (Fsp3) is 0.611. The fourth-order valence-electron chi connectivity index (χ4n) is 3.30. The van der Waals surface area contributed by atoms with Crippen LogP contribution in [0.2, 0.25) is 0 Å². The van der Waals surface area contributed by atoms with Crippen LogP contribution in [0.15, 0.2) is 24.5 Å². The maximum Gasteiger partial charge on any atom is 0.409 e. The van der Waals surface area contributed by atoms with Crippen LogP contribution < -0.4 is 0 Å². The van der Waals surface area contributed by atoms with E-state index in [-0.39, 0.29) is 18.2 Å². The van der Waals surface area contributed by atoms with Gasteiger partial charge in [-0.25, -0.2) is 9.59 Å². The first kappa shape index (κ1) is 16.7. The molecule has 1 saturated carbocycles. The quantitative estimate of drug-likeness (QED) is 0.793. The van der Waals surface area contributed by atoms with E-state index in [9.17, 15) is 9.59 Å². The van der Waals surface area contributed by atoms with Gasteiger partial charge in [0.25, 0.3) is 0 Å². The van der Waals surface area contributed by atoms with Gasteiger partial charge in [-0.1, -0.05) is 0 Å². The summed E-state index contributed by atoms with van der Waals surface area (Å²) in [6.45, 7) is 2.10. The first-order valence-electron chi connectivity index (χ1n) is 8.75. The molecule has 2 heterocycles. The van der Waals surface area contributed by atoms with Gasteiger partial charge in [-0.2, -0.15) is 0 Å². The van der Waals surface area contributed by atoms with Crippen LogP contribution in [-0.2, 0) is 9.47 Å². The fourth-order valence-corrected chi connectivity index (χ4v) is 3.30. The molecule has 1 aromatic rings.